The molecule has 22 heavy (non-hydrogen) atoms. The van der Waals surface area contributed by atoms with E-state index in [1.165, 1.54) is 24.1 Å². The summed E-state index contributed by atoms with van der Waals surface area (Å²) >= 11 is 0. The quantitative estimate of drug-likeness (QED) is 0.710. The van der Waals surface area contributed by atoms with Gasteiger partial charge >= 0.3 is 0 Å². The highest BCUT2D eigenvalue weighted by Gasteiger charge is 2.17. The van der Waals surface area contributed by atoms with Crippen molar-refractivity contribution in [3.8, 4) is 5.75 Å². The molecule has 0 spiro atoms. The van der Waals surface area contributed by atoms with Crippen molar-refractivity contribution in [2.45, 2.75) is 45.8 Å². The molecule has 4 heteroatoms. The van der Waals surface area contributed by atoms with Crippen molar-refractivity contribution < 1.29 is 9.47 Å². The van der Waals surface area contributed by atoms with E-state index in [-0.39, 0.29) is 6.10 Å². The standard InChI is InChI=1S/C18H30N2O2/c1-15(2)22-18-13-16(14-19-9-6-12-21-3)7-8-17(18)20-10-4-5-11-20/h7-8,13,15,19H,4-6,9-12,14H2,1-3H3. The molecule has 0 amide bonds. The van der Waals surface area contributed by atoms with Crippen molar-refractivity contribution in [3.05, 3.63) is 23.8 Å². The number of nitrogens with one attached hydrogen (secondary N) is 1. The number of methoxy groups -OCH3 is 1. The molecule has 0 saturated carbocycles. The van der Waals surface area contributed by atoms with Gasteiger partial charge in [0.25, 0.3) is 0 Å². The van der Waals surface area contributed by atoms with Gasteiger partial charge in [0.15, 0.2) is 0 Å². The molecule has 0 aliphatic carbocycles. The average molecular weight is 306 g/mol. The van der Waals surface area contributed by atoms with Crippen molar-refractivity contribution >= 4 is 5.69 Å². The summed E-state index contributed by atoms with van der Waals surface area (Å²) in [6.45, 7) is 9.11. The summed E-state index contributed by atoms with van der Waals surface area (Å²) in [5.74, 6) is 1.02. The van der Waals surface area contributed by atoms with Crippen molar-refractivity contribution in [1.29, 1.82) is 0 Å². The molecule has 0 unspecified atom stereocenters. The Hall–Kier alpha value is -1.26. The SMILES string of the molecule is COCCCNCc1ccc(N2CCCC2)c(OC(C)C)c1. The Morgan fingerprint density at radius 2 is 2.00 bits per heavy atom. The summed E-state index contributed by atoms with van der Waals surface area (Å²) in [6, 6.07) is 6.62. The molecule has 0 bridgehead atoms. The Morgan fingerprint density at radius 3 is 2.68 bits per heavy atom. The van der Waals surface area contributed by atoms with Crippen LogP contribution in [-0.2, 0) is 11.3 Å². The molecular formula is C18H30N2O2. The van der Waals surface area contributed by atoms with E-state index in [0.717, 1.165) is 45.0 Å². The Balaban J connectivity index is 1.99. The number of ether oxygens (including phenoxy) is 2. The maximum absolute atomic E-state index is 6.05. The number of rotatable bonds is 9. The van der Waals surface area contributed by atoms with Crippen LogP contribution in [-0.4, -0.2) is 39.5 Å². The highest BCUT2D eigenvalue weighted by Crippen LogP contribution is 2.32. The number of hydrogen-bond acceptors (Lipinski definition) is 4. The van der Waals surface area contributed by atoms with Gasteiger partial charge in [0.1, 0.15) is 5.75 Å². The van der Waals surface area contributed by atoms with Crippen LogP contribution < -0.4 is 15.0 Å². The number of benzene rings is 1. The first-order valence-electron chi connectivity index (χ1n) is 8.45. The Kier molecular flexibility index (Phi) is 7.00. The lowest BCUT2D eigenvalue weighted by atomic mass is 10.1. The molecule has 1 aromatic rings. The van der Waals surface area contributed by atoms with Gasteiger partial charge < -0.3 is 19.7 Å². The first-order chi connectivity index (χ1) is 10.7. The largest absolute Gasteiger partial charge is 0.489 e. The van der Waals surface area contributed by atoms with Gasteiger partial charge in [-0.3, -0.25) is 0 Å². The molecule has 2 rings (SSSR count). The molecule has 1 aromatic carbocycles. The maximum Gasteiger partial charge on any atom is 0.143 e. The van der Waals surface area contributed by atoms with Crippen molar-refractivity contribution in [1.82, 2.24) is 5.32 Å². The lowest BCUT2D eigenvalue weighted by molar-refractivity contribution is 0.194. The molecule has 1 N–H and O–H groups in total. The molecule has 1 saturated heterocycles. The summed E-state index contributed by atoms with van der Waals surface area (Å²) < 4.78 is 11.1. The molecule has 124 valence electrons. The third-order valence-corrected chi connectivity index (χ3v) is 3.86. The molecule has 1 fully saturated rings. The van der Waals surface area contributed by atoms with Gasteiger partial charge in [0.2, 0.25) is 0 Å². The Bertz CT molecular complexity index is 443. The van der Waals surface area contributed by atoms with Crippen molar-refractivity contribution in [2.75, 3.05) is 38.3 Å². The summed E-state index contributed by atoms with van der Waals surface area (Å²) in [6.07, 6.45) is 3.80. The molecule has 1 heterocycles. The first kappa shape index (κ1) is 17.1. The molecule has 1 aliphatic rings. The molecule has 0 radical (unpaired) electrons. The van der Waals surface area contributed by atoms with Gasteiger partial charge in [0, 0.05) is 33.4 Å². The van der Waals surface area contributed by atoms with Gasteiger partial charge in [-0.1, -0.05) is 6.07 Å². The predicted molar refractivity (Wildman–Crippen MR) is 91.9 cm³/mol. The normalized spacial score (nSPS) is 14.8. The van der Waals surface area contributed by atoms with E-state index in [1.807, 2.05) is 0 Å². The zero-order chi connectivity index (χ0) is 15.8. The van der Waals surface area contributed by atoms with E-state index in [1.54, 1.807) is 7.11 Å². The predicted octanol–water partition coefficient (Wildman–Crippen LogP) is 3.20. The van der Waals surface area contributed by atoms with Crippen LogP contribution in [0.1, 0.15) is 38.7 Å². The number of nitrogens with zero attached hydrogens (tertiary/aromatic N) is 1. The highest BCUT2D eigenvalue weighted by atomic mass is 16.5. The van der Waals surface area contributed by atoms with E-state index in [2.05, 4.69) is 42.3 Å². The zero-order valence-corrected chi connectivity index (χ0v) is 14.2. The lowest BCUT2D eigenvalue weighted by Gasteiger charge is -2.23. The Labute approximate surface area is 134 Å². The van der Waals surface area contributed by atoms with Crippen LogP contribution in [0.5, 0.6) is 5.75 Å². The van der Waals surface area contributed by atoms with Crippen LogP contribution in [0, 0.1) is 0 Å². The maximum atomic E-state index is 6.05. The Morgan fingerprint density at radius 1 is 1.23 bits per heavy atom. The van der Waals surface area contributed by atoms with E-state index in [4.69, 9.17) is 9.47 Å². The summed E-state index contributed by atoms with van der Waals surface area (Å²) in [7, 11) is 1.74. The lowest BCUT2D eigenvalue weighted by Crippen LogP contribution is -2.20. The number of anilines is 1. The minimum Gasteiger partial charge on any atom is -0.489 e. The number of hydrogen-bond donors (Lipinski definition) is 1. The van der Waals surface area contributed by atoms with Crippen molar-refractivity contribution in [2.24, 2.45) is 0 Å². The van der Waals surface area contributed by atoms with Gasteiger partial charge in [-0.25, -0.2) is 0 Å². The van der Waals surface area contributed by atoms with Crippen LogP contribution in [0.3, 0.4) is 0 Å². The molecule has 4 nitrogen and oxygen atoms in total. The van der Waals surface area contributed by atoms with Crippen LogP contribution >= 0.6 is 0 Å². The third-order valence-electron chi connectivity index (χ3n) is 3.86. The van der Waals surface area contributed by atoms with E-state index >= 15 is 0 Å². The zero-order valence-electron chi connectivity index (χ0n) is 14.2. The van der Waals surface area contributed by atoms with Crippen LogP contribution in [0.4, 0.5) is 5.69 Å². The van der Waals surface area contributed by atoms with Crippen molar-refractivity contribution in [3.63, 3.8) is 0 Å². The van der Waals surface area contributed by atoms with E-state index in [9.17, 15) is 0 Å². The fourth-order valence-electron chi connectivity index (χ4n) is 2.81. The smallest absolute Gasteiger partial charge is 0.143 e. The van der Waals surface area contributed by atoms with Gasteiger partial charge in [-0.05, 0) is 57.4 Å². The van der Waals surface area contributed by atoms with E-state index < -0.39 is 0 Å². The summed E-state index contributed by atoms with van der Waals surface area (Å²) in [5.41, 5.74) is 2.52. The summed E-state index contributed by atoms with van der Waals surface area (Å²) in [4.78, 5) is 2.44. The van der Waals surface area contributed by atoms with Crippen LogP contribution in [0.2, 0.25) is 0 Å². The van der Waals surface area contributed by atoms with Crippen LogP contribution in [0.15, 0.2) is 18.2 Å². The molecule has 0 aromatic heterocycles. The second kappa shape index (κ2) is 9.01. The minimum absolute atomic E-state index is 0.200. The second-order valence-electron chi connectivity index (χ2n) is 6.19. The van der Waals surface area contributed by atoms with Gasteiger partial charge in [-0.2, -0.15) is 0 Å². The van der Waals surface area contributed by atoms with Gasteiger partial charge in [-0.15, -0.1) is 0 Å². The monoisotopic (exact) mass is 306 g/mol. The fraction of sp³-hybridized carbons (Fsp3) is 0.667. The van der Waals surface area contributed by atoms with Crippen LogP contribution in [0.25, 0.3) is 0 Å². The third kappa shape index (κ3) is 5.18. The minimum atomic E-state index is 0.200. The molecule has 0 atom stereocenters. The van der Waals surface area contributed by atoms with Gasteiger partial charge in [0.05, 0.1) is 11.8 Å². The fourth-order valence-corrected chi connectivity index (χ4v) is 2.81. The topological polar surface area (TPSA) is 33.7 Å². The average Bonchev–Trinajstić information content (AvgIpc) is 3.01. The highest BCUT2D eigenvalue weighted by molar-refractivity contribution is 5.60. The molecule has 1 aliphatic heterocycles. The molecular weight excluding hydrogens is 276 g/mol. The first-order valence-corrected chi connectivity index (χ1v) is 8.45. The second-order valence-corrected chi connectivity index (χ2v) is 6.19. The summed E-state index contributed by atoms with van der Waals surface area (Å²) in [5, 5.41) is 3.46. The van der Waals surface area contributed by atoms with E-state index in [0.29, 0.717) is 0 Å².